The molecule has 1 aliphatic heterocycles. The Labute approximate surface area is 167 Å². The number of aromatic amines is 1. The summed E-state index contributed by atoms with van der Waals surface area (Å²) in [6.45, 7) is 2.67. The third kappa shape index (κ3) is 4.06. The number of hydrogen-bond acceptors (Lipinski definition) is 7. The van der Waals surface area contributed by atoms with Crippen LogP contribution in [0, 0.1) is 0 Å². The van der Waals surface area contributed by atoms with Crippen LogP contribution in [0.4, 0.5) is 11.6 Å². The van der Waals surface area contributed by atoms with Crippen LogP contribution in [0.3, 0.4) is 0 Å². The largest absolute Gasteiger partial charge is 0.465 e. The highest BCUT2D eigenvalue weighted by atomic mass is 32.2. The number of methoxy groups -OCH3 is 1. The Kier molecular flexibility index (Phi) is 5.66. The number of rotatable bonds is 7. The average Bonchev–Trinajstić information content (AvgIpc) is 3.40. The highest BCUT2D eigenvalue weighted by Gasteiger charge is 2.18. The van der Waals surface area contributed by atoms with Crippen molar-refractivity contribution < 1.29 is 9.53 Å². The summed E-state index contributed by atoms with van der Waals surface area (Å²) < 4.78 is 4.90. The van der Waals surface area contributed by atoms with Gasteiger partial charge in [0.15, 0.2) is 5.16 Å². The number of pyridine rings is 1. The molecule has 4 rings (SSSR count). The monoisotopic (exact) mass is 397 g/mol. The fraction of sp³-hybridized carbons (Fsp3) is 0.350. The third-order valence-corrected chi connectivity index (χ3v) is 5.59. The molecule has 1 fully saturated rings. The van der Waals surface area contributed by atoms with Crippen molar-refractivity contribution in [3.63, 3.8) is 0 Å². The molecule has 0 radical (unpaired) electrons. The van der Waals surface area contributed by atoms with Crippen LogP contribution in [0.15, 0.2) is 41.6 Å². The van der Waals surface area contributed by atoms with Crippen molar-refractivity contribution in [3.05, 3.63) is 42.0 Å². The number of carbonyl (C=O) groups is 1. The fourth-order valence-electron chi connectivity index (χ4n) is 3.30. The molecular weight excluding hydrogens is 374 g/mol. The standard InChI is InChI=1S/C20H23N5O2S/c1-27-19(26)14-8-9-17(25-11-4-5-12-25)24-18(14)21-10-13-28-20-22-15-6-2-3-7-16(15)23-20/h2-3,6-9H,4-5,10-13H2,1H3,(H,21,24)(H,22,23). The first-order valence-corrected chi connectivity index (χ1v) is 10.4. The van der Waals surface area contributed by atoms with Gasteiger partial charge in [0.05, 0.1) is 18.1 Å². The minimum absolute atomic E-state index is 0.382. The molecule has 0 bridgehead atoms. The zero-order chi connectivity index (χ0) is 19.3. The Morgan fingerprint density at radius 2 is 2.04 bits per heavy atom. The number of hydrogen-bond donors (Lipinski definition) is 2. The van der Waals surface area contributed by atoms with Gasteiger partial charge in [-0.05, 0) is 37.1 Å². The summed E-state index contributed by atoms with van der Waals surface area (Å²) >= 11 is 1.63. The van der Waals surface area contributed by atoms with Gasteiger partial charge in [-0.25, -0.2) is 14.8 Å². The van der Waals surface area contributed by atoms with Crippen molar-refractivity contribution >= 4 is 40.4 Å². The van der Waals surface area contributed by atoms with Gasteiger partial charge in [-0.3, -0.25) is 0 Å². The normalized spacial score (nSPS) is 13.8. The highest BCUT2D eigenvalue weighted by Crippen LogP contribution is 2.24. The van der Waals surface area contributed by atoms with Crippen molar-refractivity contribution in [1.29, 1.82) is 0 Å². The van der Waals surface area contributed by atoms with Crippen molar-refractivity contribution in [2.24, 2.45) is 0 Å². The van der Waals surface area contributed by atoms with E-state index in [0.717, 1.165) is 40.9 Å². The lowest BCUT2D eigenvalue weighted by Gasteiger charge is -2.18. The van der Waals surface area contributed by atoms with Crippen molar-refractivity contribution in [2.75, 3.05) is 42.7 Å². The number of fused-ring (bicyclic) bond motifs is 1. The van der Waals surface area contributed by atoms with Crippen LogP contribution >= 0.6 is 11.8 Å². The molecule has 1 saturated heterocycles. The SMILES string of the molecule is COC(=O)c1ccc(N2CCCC2)nc1NCCSc1nc2ccccc2[nH]1. The van der Waals surface area contributed by atoms with Crippen molar-refractivity contribution in [1.82, 2.24) is 15.0 Å². The zero-order valence-corrected chi connectivity index (χ0v) is 16.6. The lowest BCUT2D eigenvalue weighted by molar-refractivity contribution is 0.0601. The number of thioether (sulfide) groups is 1. The van der Waals surface area contributed by atoms with Gasteiger partial charge in [0.25, 0.3) is 0 Å². The van der Waals surface area contributed by atoms with E-state index in [2.05, 4.69) is 25.2 Å². The maximum Gasteiger partial charge on any atom is 0.341 e. The second-order valence-corrected chi connectivity index (χ2v) is 7.67. The van der Waals surface area contributed by atoms with Gasteiger partial charge < -0.3 is 19.9 Å². The molecule has 7 nitrogen and oxygen atoms in total. The van der Waals surface area contributed by atoms with E-state index in [0.29, 0.717) is 17.9 Å². The Balaban J connectivity index is 1.41. The summed E-state index contributed by atoms with van der Waals surface area (Å²) in [7, 11) is 1.39. The molecule has 0 spiro atoms. The quantitative estimate of drug-likeness (QED) is 0.358. The first kappa shape index (κ1) is 18.6. The first-order chi connectivity index (χ1) is 13.7. The van der Waals surface area contributed by atoms with Gasteiger partial charge >= 0.3 is 5.97 Å². The number of anilines is 2. The molecule has 28 heavy (non-hydrogen) atoms. The molecule has 2 N–H and O–H groups in total. The third-order valence-electron chi connectivity index (χ3n) is 4.72. The van der Waals surface area contributed by atoms with Crippen LogP contribution < -0.4 is 10.2 Å². The fourth-order valence-corrected chi connectivity index (χ4v) is 4.04. The van der Waals surface area contributed by atoms with E-state index in [1.807, 2.05) is 30.3 Å². The summed E-state index contributed by atoms with van der Waals surface area (Å²) in [5.74, 6) is 1.88. The van der Waals surface area contributed by atoms with Gasteiger partial charge in [-0.2, -0.15) is 0 Å². The number of imidazole rings is 1. The Bertz CT molecular complexity index is 935. The molecule has 2 aromatic heterocycles. The smallest absolute Gasteiger partial charge is 0.341 e. The van der Waals surface area contributed by atoms with Gasteiger partial charge in [0.2, 0.25) is 0 Å². The predicted molar refractivity (Wildman–Crippen MR) is 112 cm³/mol. The van der Waals surface area contributed by atoms with E-state index in [9.17, 15) is 4.79 Å². The second kappa shape index (κ2) is 8.52. The zero-order valence-electron chi connectivity index (χ0n) is 15.8. The number of nitrogens with one attached hydrogen (secondary N) is 2. The minimum atomic E-state index is -0.382. The van der Waals surface area contributed by atoms with Crippen LogP contribution in [0.25, 0.3) is 11.0 Å². The molecule has 0 amide bonds. The molecule has 0 aliphatic carbocycles. The number of aromatic nitrogens is 3. The lowest BCUT2D eigenvalue weighted by Crippen LogP contribution is -2.21. The lowest BCUT2D eigenvalue weighted by atomic mass is 10.2. The van der Waals surface area contributed by atoms with Crippen LogP contribution in [0.2, 0.25) is 0 Å². The van der Waals surface area contributed by atoms with Crippen molar-refractivity contribution in [2.45, 2.75) is 18.0 Å². The summed E-state index contributed by atoms with van der Waals surface area (Å²) in [5, 5.41) is 4.18. The van der Waals surface area contributed by atoms with E-state index in [1.165, 1.54) is 20.0 Å². The van der Waals surface area contributed by atoms with Crippen LogP contribution in [0.1, 0.15) is 23.2 Å². The Morgan fingerprint density at radius 3 is 2.82 bits per heavy atom. The number of nitrogens with zero attached hydrogens (tertiary/aromatic N) is 3. The molecule has 1 aromatic carbocycles. The Hall–Kier alpha value is -2.74. The molecule has 8 heteroatoms. The predicted octanol–water partition coefficient (Wildman–Crippen LogP) is 3.55. The minimum Gasteiger partial charge on any atom is -0.465 e. The molecule has 0 saturated carbocycles. The Morgan fingerprint density at radius 1 is 1.21 bits per heavy atom. The number of H-pyrrole nitrogens is 1. The molecule has 0 atom stereocenters. The van der Waals surface area contributed by atoms with Crippen LogP contribution in [-0.2, 0) is 4.74 Å². The van der Waals surface area contributed by atoms with Gasteiger partial charge in [0, 0.05) is 25.4 Å². The summed E-state index contributed by atoms with van der Waals surface area (Å²) in [4.78, 5) is 26.9. The second-order valence-electron chi connectivity index (χ2n) is 6.59. The maximum absolute atomic E-state index is 12.1. The number of benzene rings is 1. The molecule has 3 heterocycles. The highest BCUT2D eigenvalue weighted by molar-refractivity contribution is 7.99. The maximum atomic E-state index is 12.1. The molecule has 1 aliphatic rings. The molecule has 3 aromatic rings. The molecule has 0 unspecified atom stereocenters. The average molecular weight is 398 g/mol. The van der Waals surface area contributed by atoms with E-state index in [4.69, 9.17) is 4.74 Å². The van der Waals surface area contributed by atoms with Gasteiger partial charge in [-0.15, -0.1) is 0 Å². The summed E-state index contributed by atoms with van der Waals surface area (Å²) in [6, 6.07) is 11.7. The first-order valence-electron chi connectivity index (χ1n) is 9.40. The van der Waals surface area contributed by atoms with Crippen molar-refractivity contribution in [3.8, 4) is 0 Å². The van der Waals surface area contributed by atoms with Gasteiger partial charge in [0.1, 0.15) is 17.2 Å². The van der Waals surface area contributed by atoms with Crippen LogP contribution in [0.5, 0.6) is 0 Å². The molecule has 146 valence electrons. The number of ether oxygens (including phenoxy) is 1. The topological polar surface area (TPSA) is 83.1 Å². The summed E-state index contributed by atoms with van der Waals surface area (Å²) in [5.41, 5.74) is 2.45. The number of para-hydroxylation sites is 2. The van der Waals surface area contributed by atoms with E-state index in [-0.39, 0.29) is 5.97 Å². The van der Waals surface area contributed by atoms with Gasteiger partial charge in [-0.1, -0.05) is 23.9 Å². The number of esters is 1. The molecular formula is C20H23N5O2S. The number of carbonyl (C=O) groups excluding carboxylic acids is 1. The summed E-state index contributed by atoms with van der Waals surface area (Å²) in [6.07, 6.45) is 2.36. The van der Waals surface area contributed by atoms with E-state index < -0.39 is 0 Å². The van der Waals surface area contributed by atoms with E-state index in [1.54, 1.807) is 17.8 Å². The van der Waals surface area contributed by atoms with E-state index >= 15 is 0 Å². The van der Waals surface area contributed by atoms with Crippen LogP contribution in [-0.4, -0.2) is 53.4 Å².